The first-order valence-corrected chi connectivity index (χ1v) is 8.77. The van der Waals surface area contributed by atoms with Crippen LogP contribution in [-0.2, 0) is 11.3 Å². The van der Waals surface area contributed by atoms with Crippen LogP contribution >= 0.6 is 0 Å². The summed E-state index contributed by atoms with van der Waals surface area (Å²) in [6, 6.07) is 22.1. The largest absolute Gasteiger partial charge is 0.348 e. The summed E-state index contributed by atoms with van der Waals surface area (Å²) in [7, 11) is 0. The van der Waals surface area contributed by atoms with Crippen molar-refractivity contribution >= 4 is 23.6 Å². The molecule has 5 heteroatoms. The van der Waals surface area contributed by atoms with Gasteiger partial charge in [-0.05, 0) is 53.6 Å². The van der Waals surface area contributed by atoms with E-state index in [-0.39, 0.29) is 17.6 Å². The molecule has 2 amide bonds. The van der Waals surface area contributed by atoms with E-state index in [0.717, 1.165) is 16.8 Å². The Hall–Kier alpha value is -3.73. The van der Waals surface area contributed by atoms with E-state index in [0.29, 0.717) is 12.1 Å². The standard InChI is InChI=1S/C23H19FN2O2/c24-20-12-9-17(10-13-20)11-14-22(27)25-16-18-5-4-6-19(15-18)23(28)26-21-7-2-1-3-8-21/h1-15H,16H2,(H,25,27)(H,26,28)/b14-11+. The van der Waals surface area contributed by atoms with Crippen LogP contribution < -0.4 is 10.6 Å². The van der Waals surface area contributed by atoms with Gasteiger partial charge < -0.3 is 10.6 Å². The Morgan fingerprint density at radius 1 is 0.893 bits per heavy atom. The zero-order chi connectivity index (χ0) is 19.8. The second-order valence-electron chi connectivity index (χ2n) is 6.12. The molecule has 0 aromatic heterocycles. The molecule has 3 aromatic rings. The number of rotatable bonds is 6. The molecule has 3 rings (SSSR count). The zero-order valence-electron chi connectivity index (χ0n) is 15.1. The highest BCUT2D eigenvalue weighted by atomic mass is 19.1. The Kier molecular flexibility index (Phi) is 6.31. The molecule has 0 aliphatic rings. The first kappa shape index (κ1) is 19.0. The van der Waals surface area contributed by atoms with Crippen LogP contribution in [0.25, 0.3) is 6.08 Å². The smallest absolute Gasteiger partial charge is 0.255 e. The number of hydrogen-bond donors (Lipinski definition) is 2. The van der Waals surface area contributed by atoms with Gasteiger partial charge in [0, 0.05) is 23.9 Å². The third kappa shape index (κ3) is 5.64. The van der Waals surface area contributed by atoms with Gasteiger partial charge in [0.05, 0.1) is 0 Å². The quantitative estimate of drug-likeness (QED) is 0.628. The molecule has 0 saturated heterocycles. The predicted molar refractivity (Wildman–Crippen MR) is 108 cm³/mol. The summed E-state index contributed by atoms with van der Waals surface area (Å²) in [5.41, 5.74) is 2.77. The van der Waals surface area contributed by atoms with E-state index in [4.69, 9.17) is 0 Å². The molecule has 0 atom stereocenters. The fourth-order valence-electron chi connectivity index (χ4n) is 2.54. The highest BCUT2D eigenvalue weighted by Crippen LogP contribution is 2.11. The highest BCUT2D eigenvalue weighted by molar-refractivity contribution is 6.04. The Morgan fingerprint density at radius 2 is 1.64 bits per heavy atom. The van der Waals surface area contributed by atoms with E-state index >= 15 is 0 Å². The van der Waals surface area contributed by atoms with Gasteiger partial charge in [0.25, 0.3) is 5.91 Å². The third-order valence-corrected chi connectivity index (χ3v) is 3.98. The van der Waals surface area contributed by atoms with Crippen LogP contribution in [0.4, 0.5) is 10.1 Å². The van der Waals surface area contributed by atoms with E-state index in [9.17, 15) is 14.0 Å². The molecular formula is C23H19FN2O2. The Bertz CT molecular complexity index is 983. The lowest BCUT2D eigenvalue weighted by Crippen LogP contribution is -2.20. The van der Waals surface area contributed by atoms with Crippen molar-refractivity contribution in [2.45, 2.75) is 6.54 Å². The van der Waals surface area contributed by atoms with Crippen molar-refractivity contribution < 1.29 is 14.0 Å². The van der Waals surface area contributed by atoms with Crippen LogP contribution in [0, 0.1) is 5.82 Å². The second kappa shape index (κ2) is 9.28. The fourth-order valence-corrected chi connectivity index (χ4v) is 2.54. The topological polar surface area (TPSA) is 58.2 Å². The van der Waals surface area contributed by atoms with Gasteiger partial charge in [-0.15, -0.1) is 0 Å². The van der Waals surface area contributed by atoms with Crippen LogP contribution in [0.1, 0.15) is 21.5 Å². The molecule has 2 N–H and O–H groups in total. The van der Waals surface area contributed by atoms with E-state index in [2.05, 4.69) is 10.6 Å². The lowest BCUT2D eigenvalue weighted by atomic mass is 10.1. The number of anilines is 1. The van der Waals surface area contributed by atoms with Gasteiger partial charge in [0.1, 0.15) is 5.82 Å². The van der Waals surface area contributed by atoms with Crippen LogP contribution in [0.3, 0.4) is 0 Å². The minimum atomic E-state index is -0.321. The normalized spacial score (nSPS) is 10.6. The van der Waals surface area contributed by atoms with Gasteiger partial charge in [0.2, 0.25) is 5.91 Å². The van der Waals surface area contributed by atoms with E-state index < -0.39 is 0 Å². The first-order valence-electron chi connectivity index (χ1n) is 8.77. The minimum Gasteiger partial charge on any atom is -0.348 e. The van der Waals surface area contributed by atoms with Crippen molar-refractivity contribution in [3.63, 3.8) is 0 Å². The van der Waals surface area contributed by atoms with Crippen molar-refractivity contribution in [3.05, 3.63) is 107 Å². The molecule has 0 heterocycles. The van der Waals surface area contributed by atoms with Crippen molar-refractivity contribution in [2.24, 2.45) is 0 Å². The number of carbonyl (C=O) groups excluding carboxylic acids is 2. The van der Waals surface area contributed by atoms with Crippen molar-refractivity contribution in [3.8, 4) is 0 Å². The number of halogens is 1. The molecule has 0 radical (unpaired) electrons. The van der Waals surface area contributed by atoms with Crippen LogP contribution in [-0.4, -0.2) is 11.8 Å². The van der Waals surface area contributed by atoms with Crippen molar-refractivity contribution in [2.75, 3.05) is 5.32 Å². The van der Waals surface area contributed by atoms with Gasteiger partial charge in [-0.1, -0.05) is 42.5 Å². The SMILES string of the molecule is O=C(/C=C/c1ccc(F)cc1)NCc1cccc(C(=O)Nc2ccccc2)c1. The lowest BCUT2D eigenvalue weighted by molar-refractivity contribution is -0.116. The second-order valence-corrected chi connectivity index (χ2v) is 6.12. The lowest BCUT2D eigenvalue weighted by Gasteiger charge is -2.07. The number of carbonyl (C=O) groups is 2. The molecule has 0 aliphatic carbocycles. The average molecular weight is 374 g/mol. The third-order valence-electron chi connectivity index (χ3n) is 3.98. The number of para-hydroxylation sites is 1. The van der Waals surface area contributed by atoms with Gasteiger partial charge in [-0.3, -0.25) is 9.59 Å². The molecule has 0 fully saturated rings. The van der Waals surface area contributed by atoms with Gasteiger partial charge in [-0.25, -0.2) is 4.39 Å². The van der Waals surface area contributed by atoms with Crippen LogP contribution in [0.5, 0.6) is 0 Å². The summed E-state index contributed by atoms with van der Waals surface area (Å²) < 4.78 is 12.9. The van der Waals surface area contributed by atoms with E-state index in [1.807, 2.05) is 36.4 Å². The monoisotopic (exact) mass is 374 g/mol. The minimum absolute atomic E-state index is 0.212. The van der Waals surface area contributed by atoms with Crippen LogP contribution in [0.15, 0.2) is 84.9 Å². The average Bonchev–Trinajstić information content (AvgIpc) is 2.73. The maximum atomic E-state index is 12.9. The van der Waals surface area contributed by atoms with Gasteiger partial charge in [0.15, 0.2) is 0 Å². The molecule has 140 valence electrons. The predicted octanol–water partition coefficient (Wildman–Crippen LogP) is 4.41. The molecule has 0 unspecified atom stereocenters. The summed E-state index contributed by atoms with van der Waals surface area (Å²) in [6.07, 6.45) is 3.00. The van der Waals surface area contributed by atoms with Crippen LogP contribution in [0.2, 0.25) is 0 Å². The van der Waals surface area contributed by atoms with Crippen molar-refractivity contribution in [1.82, 2.24) is 5.32 Å². The van der Waals surface area contributed by atoms with Gasteiger partial charge in [-0.2, -0.15) is 0 Å². The maximum Gasteiger partial charge on any atom is 0.255 e. The Labute approximate surface area is 162 Å². The van der Waals surface area contributed by atoms with E-state index in [1.165, 1.54) is 18.2 Å². The molecule has 4 nitrogen and oxygen atoms in total. The molecule has 0 saturated carbocycles. The number of amides is 2. The summed E-state index contributed by atoms with van der Waals surface area (Å²) in [4.78, 5) is 24.3. The number of nitrogens with one attached hydrogen (secondary N) is 2. The maximum absolute atomic E-state index is 12.9. The highest BCUT2D eigenvalue weighted by Gasteiger charge is 2.07. The molecule has 0 bridgehead atoms. The first-order chi connectivity index (χ1) is 13.6. The molecular weight excluding hydrogens is 355 g/mol. The molecule has 0 spiro atoms. The molecule has 28 heavy (non-hydrogen) atoms. The number of benzene rings is 3. The van der Waals surface area contributed by atoms with E-state index in [1.54, 1.807) is 36.4 Å². The summed E-state index contributed by atoms with van der Waals surface area (Å²) in [6.45, 7) is 0.291. The van der Waals surface area contributed by atoms with Gasteiger partial charge >= 0.3 is 0 Å². The molecule has 0 aliphatic heterocycles. The Morgan fingerprint density at radius 3 is 2.39 bits per heavy atom. The number of hydrogen-bond acceptors (Lipinski definition) is 2. The fraction of sp³-hybridized carbons (Fsp3) is 0.0435. The molecule has 3 aromatic carbocycles. The summed E-state index contributed by atoms with van der Waals surface area (Å²) >= 11 is 0. The van der Waals surface area contributed by atoms with Crippen molar-refractivity contribution in [1.29, 1.82) is 0 Å². The summed E-state index contributed by atoms with van der Waals surface area (Å²) in [5, 5.41) is 5.59. The Balaban J connectivity index is 1.56. The zero-order valence-corrected chi connectivity index (χ0v) is 15.1. The summed E-state index contributed by atoms with van der Waals surface area (Å²) in [5.74, 6) is -0.808.